The highest BCUT2D eigenvalue weighted by molar-refractivity contribution is 6.13. The van der Waals surface area contributed by atoms with Crippen LogP contribution in [0, 0.1) is 0 Å². The number of amides is 1. The molecule has 0 spiro atoms. The molecule has 2 aromatic carbocycles. The normalized spacial score (nSPS) is 10.3. The van der Waals surface area contributed by atoms with Crippen LogP contribution in [0.15, 0.2) is 77.4 Å². The summed E-state index contributed by atoms with van der Waals surface area (Å²) in [6, 6.07) is 19.0. The van der Waals surface area contributed by atoms with Gasteiger partial charge in [0.25, 0.3) is 5.91 Å². The van der Waals surface area contributed by atoms with Crippen molar-refractivity contribution >= 4 is 23.3 Å². The minimum atomic E-state index is -0.514. The Balaban J connectivity index is 1.55. The molecule has 0 saturated heterocycles. The molecule has 0 atom stereocenters. The lowest BCUT2D eigenvalue weighted by Crippen LogP contribution is -2.22. The van der Waals surface area contributed by atoms with Gasteiger partial charge in [-0.2, -0.15) is 0 Å². The van der Waals surface area contributed by atoms with Gasteiger partial charge in [0.05, 0.1) is 18.4 Å². The summed E-state index contributed by atoms with van der Waals surface area (Å²) in [6.07, 6.45) is 2.05. The minimum Gasteiger partial charge on any atom is -0.469 e. The van der Waals surface area contributed by atoms with E-state index in [1.807, 2.05) is 6.07 Å². The van der Waals surface area contributed by atoms with Crippen molar-refractivity contribution in [3.05, 3.63) is 89.9 Å². The van der Waals surface area contributed by atoms with E-state index in [0.29, 0.717) is 29.0 Å². The molecule has 0 aliphatic rings. The maximum absolute atomic E-state index is 12.7. The quantitative estimate of drug-likeness (QED) is 0.479. The second-order valence-corrected chi connectivity index (χ2v) is 6.03. The van der Waals surface area contributed by atoms with Gasteiger partial charge in [-0.1, -0.05) is 42.5 Å². The summed E-state index contributed by atoms with van der Waals surface area (Å²) in [5.41, 5.74) is 1.26. The second-order valence-electron chi connectivity index (χ2n) is 6.03. The first kappa shape index (κ1) is 19.1. The van der Waals surface area contributed by atoms with Gasteiger partial charge in [-0.25, -0.2) is 0 Å². The van der Waals surface area contributed by atoms with Crippen molar-refractivity contribution in [1.29, 1.82) is 0 Å². The molecule has 1 aromatic heterocycles. The number of nitrogens with one attached hydrogen (secondary N) is 1. The molecular formula is C22H19NO5. The lowest BCUT2D eigenvalue weighted by atomic mass is 10.0. The molecule has 0 bridgehead atoms. The van der Waals surface area contributed by atoms with E-state index in [1.54, 1.807) is 60.7 Å². The Morgan fingerprint density at radius 3 is 2.39 bits per heavy atom. The van der Waals surface area contributed by atoms with Crippen molar-refractivity contribution in [1.82, 2.24) is 0 Å². The maximum Gasteiger partial charge on any atom is 0.306 e. The lowest BCUT2D eigenvalue weighted by Gasteiger charge is -2.11. The highest BCUT2D eigenvalue weighted by atomic mass is 16.5. The number of rotatable bonds is 8. The van der Waals surface area contributed by atoms with Crippen LogP contribution in [-0.2, 0) is 20.7 Å². The molecule has 3 rings (SSSR count). The number of aryl methyl sites for hydroxylation is 1. The number of para-hydroxylation sites is 1. The van der Waals surface area contributed by atoms with Gasteiger partial charge in [-0.15, -0.1) is 0 Å². The number of hydrogen-bond acceptors (Lipinski definition) is 5. The Bertz CT molecular complexity index is 948. The number of ketones is 1. The molecule has 0 fully saturated rings. The fourth-order valence-electron chi connectivity index (χ4n) is 2.62. The standard InChI is InChI=1S/C22H19NO5/c24-20(15-28-21(25)13-12-17-9-6-14-27-17)23-19-11-5-4-10-18(19)22(26)16-7-2-1-3-8-16/h1-11,14H,12-13,15H2,(H,23,24). The van der Waals surface area contributed by atoms with Gasteiger partial charge in [0.1, 0.15) is 5.76 Å². The number of carbonyl (C=O) groups excluding carboxylic acids is 3. The molecule has 1 amide bonds. The molecule has 28 heavy (non-hydrogen) atoms. The van der Waals surface area contributed by atoms with Crippen LogP contribution in [0.2, 0.25) is 0 Å². The molecule has 3 aromatic rings. The summed E-state index contributed by atoms with van der Waals surface area (Å²) in [7, 11) is 0. The van der Waals surface area contributed by atoms with Gasteiger partial charge >= 0.3 is 5.97 Å². The summed E-state index contributed by atoms with van der Waals surface area (Å²) in [6.45, 7) is -0.426. The molecule has 0 aliphatic heterocycles. The first-order valence-electron chi connectivity index (χ1n) is 8.80. The fourth-order valence-corrected chi connectivity index (χ4v) is 2.62. The topological polar surface area (TPSA) is 85.6 Å². The van der Waals surface area contributed by atoms with Gasteiger partial charge < -0.3 is 14.5 Å². The van der Waals surface area contributed by atoms with Crippen molar-refractivity contribution in [2.45, 2.75) is 12.8 Å². The highest BCUT2D eigenvalue weighted by Crippen LogP contribution is 2.19. The highest BCUT2D eigenvalue weighted by Gasteiger charge is 2.15. The van der Waals surface area contributed by atoms with Crippen LogP contribution < -0.4 is 5.32 Å². The monoisotopic (exact) mass is 377 g/mol. The third-order valence-corrected chi connectivity index (χ3v) is 4.00. The van der Waals surface area contributed by atoms with Crippen molar-refractivity contribution in [2.75, 3.05) is 11.9 Å². The van der Waals surface area contributed by atoms with E-state index in [1.165, 1.54) is 6.26 Å². The predicted octanol–water partition coefficient (Wildman–Crippen LogP) is 3.63. The zero-order valence-electron chi connectivity index (χ0n) is 15.1. The SMILES string of the molecule is O=C(COC(=O)CCc1ccco1)Nc1ccccc1C(=O)c1ccccc1. The number of furan rings is 1. The molecular weight excluding hydrogens is 358 g/mol. The number of benzene rings is 2. The van der Waals surface area contributed by atoms with E-state index >= 15 is 0 Å². The predicted molar refractivity (Wildman–Crippen MR) is 103 cm³/mol. The molecule has 6 nitrogen and oxygen atoms in total. The average Bonchev–Trinajstić information content (AvgIpc) is 3.25. The Morgan fingerprint density at radius 1 is 0.893 bits per heavy atom. The third kappa shape index (κ3) is 5.17. The summed E-state index contributed by atoms with van der Waals surface area (Å²) in [4.78, 5) is 36.6. The summed E-state index contributed by atoms with van der Waals surface area (Å²) in [5.74, 6) is -0.540. The van der Waals surface area contributed by atoms with E-state index < -0.39 is 18.5 Å². The Hall–Kier alpha value is -3.67. The molecule has 6 heteroatoms. The van der Waals surface area contributed by atoms with Gasteiger partial charge in [0, 0.05) is 17.5 Å². The first-order chi connectivity index (χ1) is 13.6. The maximum atomic E-state index is 12.7. The zero-order valence-corrected chi connectivity index (χ0v) is 15.1. The largest absolute Gasteiger partial charge is 0.469 e. The van der Waals surface area contributed by atoms with E-state index in [2.05, 4.69) is 5.32 Å². The van der Waals surface area contributed by atoms with Crippen LogP contribution >= 0.6 is 0 Å². The van der Waals surface area contributed by atoms with Crippen LogP contribution in [0.1, 0.15) is 28.1 Å². The average molecular weight is 377 g/mol. The number of esters is 1. The Labute approximate surface area is 162 Å². The molecule has 142 valence electrons. The van der Waals surface area contributed by atoms with E-state index in [4.69, 9.17) is 9.15 Å². The molecule has 0 aliphatic carbocycles. The molecule has 0 saturated carbocycles. The molecule has 0 radical (unpaired) electrons. The summed E-state index contributed by atoms with van der Waals surface area (Å²) in [5, 5.41) is 2.63. The van der Waals surface area contributed by atoms with Gasteiger partial charge in [-0.3, -0.25) is 14.4 Å². The van der Waals surface area contributed by atoms with Crippen LogP contribution in [0.25, 0.3) is 0 Å². The smallest absolute Gasteiger partial charge is 0.306 e. The van der Waals surface area contributed by atoms with Gasteiger partial charge in [-0.05, 0) is 24.3 Å². The van der Waals surface area contributed by atoms with Crippen molar-refractivity contribution in [3.63, 3.8) is 0 Å². The number of anilines is 1. The Kier molecular flexibility index (Phi) is 6.36. The minimum absolute atomic E-state index is 0.115. The lowest BCUT2D eigenvalue weighted by molar-refractivity contribution is -0.147. The Morgan fingerprint density at radius 2 is 1.64 bits per heavy atom. The fraction of sp³-hybridized carbons (Fsp3) is 0.136. The zero-order chi connectivity index (χ0) is 19.8. The molecule has 1 N–H and O–H groups in total. The number of ether oxygens (including phenoxy) is 1. The third-order valence-electron chi connectivity index (χ3n) is 4.00. The van der Waals surface area contributed by atoms with Crippen LogP contribution in [-0.4, -0.2) is 24.3 Å². The van der Waals surface area contributed by atoms with Crippen LogP contribution in [0.5, 0.6) is 0 Å². The first-order valence-corrected chi connectivity index (χ1v) is 8.80. The van der Waals surface area contributed by atoms with Crippen molar-refractivity contribution in [2.24, 2.45) is 0 Å². The van der Waals surface area contributed by atoms with E-state index in [-0.39, 0.29) is 12.2 Å². The number of carbonyl (C=O) groups is 3. The van der Waals surface area contributed by atoms with Crippen LogP contribution in [0.4, 0.5) is 5.69 Å². The van der Waals surface area contributed by atoms with Gasteiger partial charge in [0.15, 0.2) is 12.4 Å². The van der Waals surface area contributed by atoms with E-state index in [0.717, 1.165) is 0 Å². The van der Waals surface area contributed by atoms with Crippen LogP contribution in [0.3, 0.4) is 0 Å². The number of hydrogen-bond donors (Lipinski definition) is 1. The van der Waals surface area contributed by atoms with Crippen molar-refractivity contribution in [3.8, 4) is 0 Å². The summed E-state index contributed by atoms with van der Waals surface area (Å²) >= 11 is 0. The molecule has 0 unspecified atom stereocenters. The molecule has 1 heterocycles. The summed E-state index contributed by atoms with van der Waals surface area (Å²) < 4.78 is 10.1. The van der Waals surface area contributed by atoms with Crippen molar-refractivity contribution < 1.29 is 23.5 Å². The van der Waals surface area contributed by atoms with E-state index in [9.17, 15) is 14.4 Å². The van der Waals surface area contributed by atoms with Gasteiger partial charge in [0.2, 0.25) is 0 Å². The second kappa shape index (κ2) is 9.32.